The maximum atomic E-state index is 11.4. The lowest BCUT2D eigenvalue weighted by molar-refractivity contribution is -0.136. The maximum absolute atomic E-state index is 11.4. The number of imide groups is 1. The Bertz CT molecular complexity index is 467. The van der Waals surface area contributed by atoms with Crippen molar-refractivity contribution in [1.82, 2.24) is 10.2 Å². The number of amides is 2. The zero-order chi connectivity index (χ0) is 21.0. The van der Waals surface area contributed by atoms with E-state index in [1.807, 2.05) is 0 Å². The molecule has 166 valence electrons. The van der Waals surface area contributed by atoms with Crippen LogP contribution in [0.1, 0.15) is 103 Å². The Labute approximate surface area is 179 Å². The minimum Gasteiger partial charge on any atom is -0.317 e. The number of carbonyl (C=O) groups is 2. The fourth-order valence-electron chi connectivity index (χ4n) is 3.64. The fourth-order valence-corrected chi connectivity index (χ4v) is 3.64. The second-order valence-corrected chi connectivity index (χ2v) is 8.20. The van der Waals surface area contributed by atoms with Crippen molar-refractivity contribution in [3.05, 3.63) is 24.3 Å². The average Bonchev–Trinajstić information content (AvgIpc) is 3.04. The summed E-state index contributed by atoms with van der Waals surface area (Å²) in [5, 5.41) is 3.41. The molecule has 0 aliphatic carbocycles. The average molecular weight is 405 g/mol. The van der Waals surface area contributed by atoms with Crippen LogP contribution in [0.25, 0.3) is 0 Å². The van der Waals surface area contributed by atoms with Gasteiger partial charge in [-0.25, -0.2) is 0 Å². The highest BCUT2D eigenvalue weighted by atomic mass is 16.2. The Balaban J connectivity index is 1.73. The molecule has 1 N–H and O–H groups in total. The molecule has 0 aromatic heterocycles. The maximum Gasteiger partial charge on any atom is 0.253 e. The summed E-state index contributed by atoms with van der Waals surface area (Å²) >= 11 is 0. The molecule has 4 heteroatoms. The highest BCUT2D eigenvalue weighted by Gasteiger charge is 2.21. The molecule has 0 spiro atoms. The Hall–Kier alpha value is -1.42. The lowest BCUT2D eigenvalue weighted by Crippen LogP contribution is -2.32. The molecular weight excluding hydrogens is 360 g/mol. The molecule has 1 aliphatic rings. The summed E-state index contributed by atoms with van der Waals surface area (Å²) in [6.07, 6.45) is 27.0. The van der Waals surface area contributed by atoms with Crippen molar-refractivity contribution in [3.63, 3.8) is 0 Å². The summed E-state index contributed by atoms with van der Waals surface area (Å²) < 4.78 is 0. The number of nitrogens with zero attached hydrogens (tertiary/aromatic N) is 1. The van der Waals surface area contributed by atoms with Crippen molar-refractivity contribution in [3.8, 4) is 0 Å². The van der Waals surface area contributed by atoms with E-state index in [4.69, 9.17) is 0 Å². The van der Waals surface area contributed by atoms with Crippen LogP contribution in [0.4, 0.5) is 0 Å². The van der Waals surface area contributed by atoms with Gasteiger partial charge < -0.3 is 5.32 Å². The molecule has 1 aliphatic heterocycles. The van der Waals surface area contributed by atoms with Crippen LogP contribution in [0.3, 0.4) is 0 Å². The lowest BCUT2D eigenvalue weighted by Gasteiger charge is -2.13. The second kappa shape index (κ2) is 18.6. The van der Waals surface area contributed by atoms with Crippen LogP contribution in [0.5, 0.6) is 0 Å². The zero-order valence-electron chi connectivity index (χ0n) is 18.8. The van der Waals surface area contributed by atoms with Gasteiger partial charge in [0.05, 0.1) is 0 Å². The summed E-state index contributed by atoms with van der Waals surface area (Å²) in [4.78, 5) is 24.1. The standard InChI is InChI=1S/C25H44N2O2/c1-2-3-4-5-6-7-8-9-10-11-12-13-14-15-16-17-21-26-22-18-23-27-24(28)19-20-25(27)29/h9-10,19-20,26H,2-8,11-18,21-23H2,1H3/b10-9-. The van der Waals surface area contributed by atoms with Crippen LogP contribution in [0.2, 0.25) is 0 Å². The van der Waals surface area contributed by atoms with E-state index in [0.717, 1.165) is 19.5 Å². The number of nitrogens with one attached hydrogen (secondary N) is 1. The van der Waals surface area contributed by atoms with Gasteiger partial charge >= 0.3 is 0 Å². The van der Waals surface area contributed by atoms with Crippen molar-refractivity contribution < 1.29 is 9.59 Å². The van der Waals surface area contributed by atoms with Crippen LogP contribution < -0.4 is 5.32 Å². The molecule has 0 radical (unpaired) electrons. The van der Waals surface area contributed by atoms with E-state index in [1.165, 1.54) is 107 Å². The molecule has 0 aromatic rings. The lowest BCUT2D eigenvalue weighted by atomic mass is 10.1. The van der Waals surface area contributed by atoms with Gasteiger partial charge in [-0.2, -0.15) is 0 Å². The largest absolute Gasteiger partial charge is 0.317 e. The summed E-state index contributed by atoms with van der Waals surface area (Å²) in [6, 6.07) is 0. The molecule has 0 aromatic carbocycles. The highest BCUT2D eigenvalue weighted by molar-refractivity contribution is 6.12. The Morgan fingerprint density at radius 1 is 0.690 bits per heavy atom. The first kappa shape index (κ1) is 25.6. The van der Waals surface area contributed by atoms with E-state index in [-0.39, 0.29) is 11.8 Å². The third-order valence-electron chi connectivity index (χ3n) is 5.50. The first-order chi connectivity index (χ1) is 14.3. The van der Waals surface area contributed by atoms with E-state index >= 15 is 0 Å². The summed E-state index contributed by atoms with van der Waals surface area (Å²) in [5.41, 5.74) is 0. The van der Waals surface area contributed by atoms with Crippen LogP contribution in [-0.2, 0) is 9.59 Å². The van der Waals surface area contributed by atoms with Crippen molar-refractivity contribution in [2.75, 3.05) is 19.6 Å². The van der Waals surface area contributed by atoms with E-state index in [9.17, 15) is 9.59 Å². The minimum absolute atomic E-state index is 0.178. The number of rotatable bonds is 20. The highest BCUT2D eigenvalue weighted by Crippen LogP contribution is 2.10. The minimum atomic E-state index is -0.178. The van der Waals surface area contributed by atoms with Gasteiger partial charge in [-0.1, -0.05) is 76.9 Å². The quantitative estimate of drug-likeness (QED) is 0.155. The van der Waals surface area contributed by atoms with Crippen LogP contribution in [0.15, 0.2) is 24.3 Å². The first-order valence-corrected chi connectivity index (χ1v) is 12.1. The van der Waals surface area contributed by atoms with Crippen LogP contribution >= 0.6 is 0 Å². The van der Waals surface area contributed by atoms with Gasteiger partial charge in [0.1, 0.15) is 0 Å². The topological polar surface area (TPSA) is 49.4 Å². The number of carbonyl (C=O) groups excluding carboxylic acids is 2. The molecule has 0 atom stereocenters. The number of hydrogen-bond acceptors (Lipinski definition) is 3. The van der Waals surface area contributed by atoms with Gasteiger partial charge in [-0.3, -0.25) is 14.5 Å². The van der Waals surface area contributed by atoms with E-state index in [0.29, 0.717) is 6.54 Å². The Morgan fingerprint density at radius 2 is 1.17 bits per heavy atom. The predicted molar refractivity (Wildman–Crippen MR) is 123 cm³/mol. The van der Waals surface area contributed by atoms with Gasteiger partial charge in [-0.15, -0.1) is 0 Å². The third-order valence-corrected chi connectivity index (χ3v) is 5.50. The van der Waals surface area contributed by atoms with Crippen LogP contribution in [0, 0.1) is 0 Å². The van der Waals surface area contributed by atoms with Gasteiger partial charge in [-0.05, 0) is 51.6 Å². The molecule has 0 bridgehead atoms. The Morgan fingerprint density at radius 3 is 1.76 bits per heavy atom. The first-order valence-electron chi connectivity index (χ1n) is 12.1. The number of unbranched alkanes of at least 4 members (excludes halogenated alkanes) is 12. The molecular formula is C25H44N2O2. The molecule has 29 heavy (non-hydrogen) atoms. The van der Waals surface area contributed by atoms with Crippen molar-refractivity contribution in [1.29, 1.82) is 0 Å². The summed E-state index contributed by atoms with van der Waals surface area (Å²) in [6.45, 7) is 4.68. The molecule has 1 heterocycles. The molecule has 1 rings (SSSR count). The van der Waals surface area contributed by atoms with Gasteiger partial charge in [0.25, 0.3) is 11.8 Å². The molecule has 0 saturated carbocycles. The Kier molecular flexibility index (Phi) is 16.4. The number of allylic oxidation sites excluding steroid dienone is 2. The van der Waals surface area contributed by atoms with Gasteiger partial charge in [0.2, 0.25) is 0 Å². The monoisotopic (exact) mass is 404 g/mol. The van der Waals surface area contributed by atoms with Crippen molar-refractivity contribution >= 4 is 11.8 Å². The van der Waals surface area contributed by atoms with Gasteiger partial charge in [0, 0.05) is 18.7 Å². The molecule has 2 amide bonds. The zero-order valence-corrected chi connectivity index (χ0v) is 18.8. The smallest absolute Gasteiger partial charge is 0.253 e. The number of hydrogen-bond donors (Lipinski definition) is 1. The van der Waals surface area contributed by atoms with E-state index in [2.05, 4.69) is 24.4 Å². The fraction of sp³-hybridized carbons (Fsp3) is 0.760. The van der Waals surface area contributed by atoms with Gasteiger partial charge in [0.15, 0.2) is 0 Å². The van der Waals surface area contributed by atoms with Crippen molar-refractivity contribution in [2.45, 2.75) is 103 Å². The summed E-state index contributed by atoms with van der Waals surface area (Å²) in [5.74, 6) is -0.355. The molecule has 0 saturated heterocycles. The SMILES string of the molecule is CCCCCCCC/C=C\CCCCCCCCNCCCN1C(=O)C=CC1=O. The van der Waals surface area contributed by atoms with Crippen LogP contribution in [-0.4, -0.2) is 36.3 Å². The van der Waals surface area contributed by atoms with E-state index < -0.39 is 0 Å². The molecule has 0 unspecified atom stereocenters. The molecule has 0 fully saturated rings. The third kappa shape index (κ3) is 14.2. The summed E-state index contributed by atoms with van der Waals surface area (Å²) in [7, 11) is 0. The normalized spacial score (nSPS) is 14.0. The second-order valence-electron chi connectivity index (χ2n) is 8.20. The molecule has 4 nitrogen and oxygen atoms in total. The predicted octanol–water partition coefficient (Wildman–Crippen LogP) is 5.93. The van der Waals surface area contributed by atoms with E-state index in [1.54, 1.807) is 0 Å². The van der Waals surface area contributed by atoms with Crippen molar-refractivity contribution in [2.24, 2.45) is 0 Å².